The molecular formula is C15H22BrNO. The lowest BCUT2D eigenvalue weighted by molar-refractivity contribution is 0.0381. The fourth-order valence-corrected chi connectivity index (χ4v) is 3.01. The molecule has 3 heteroatoms. The molecule has 0 aliphatic heterocycles. The van der Waals surface area contributed by atoms with Gasteiger partial charge in [0.15, 0.2) is 0 Å². The van der Waals surface area contributed by atoms with Gasteiger partial charge >= 0.3 is 0 Å². The highest BCUT2D eigenvalue weighted by Gasteiger charge is 2.27. The van der Waals surface area contributed by atoms with Gasteiger partial charge in [0, 0.05) is 16.7 Å². The van der Waals surface area contributed by atoms with Gasteiger partial charge in [-0.25, -0.2) is 0 Å². The van der Waals surface area contributed by atoms with Crippen molar-refractivity contribution in [2.24, 2.45) is 0 Å². The maximum absolute atomic E-state index is 10.6. The number of nitrogens with one attached hydrogen (secondary N) is 1. The third-order valence-electron chi connectivity index (χ3n) is 3.83. The van der Waals surface area contributed by atoms with Crippen LogP contribution >= 0.6 is 15.9 Å². The highest BCUT2D eigenvalue weighted by atomic mass is 79.9. The van der Waals surface area contributed by atoms with Crippen molar-refractivity contribution in [2.75, 3.05) is 11.9 Å². The molecule has 0 atom stereocenters. The number of benzene rings is 1. The van der Waals surface area contributed by atoms with E-state index in [0.717, 1.165) is 35.8 Å². The first-order valence-electron chi connectivity index (χ1n) is 6.82. The number of hydrogen-bond donors (Lipinski definition) is 2. The van der Waals surface area contributed by atoms with Crippen molar-refractivity contribution in [1.29, 1.82) is 0 Å². The first-order valence-corrected chi connectivity index (χ1v) is 7.61. The number of aliphatic hydroxyl groups is 1. The summed E-state index contributed by atoms with van der Waals surface area (Å²) in [5.74, 6) is 0. The third kappa shape index (κ3) is 3.48. The van der Waals surface area contributed by atoms with E-state index in [0.29, 0.717) is 6.54 Å². The predicted octanol–water partition coefficient (Wildman–Crippen LogP) is 4.25. The highest BCUT2D eigenvalue weighted by molar-refractivity contribution is 9.10. The Balaban J connectivity index is 1.99. The molecule has 0 spiro atoms. The molecule has 0 amide bonds. The highest BCUT2D eigenvalue weighted by Crippen LogP contribution is 2.30. The molecule has 2 rings (SSSR count). The van der Waals surface area contributed by atoms with Crippen LogP contribution in [0.15, 0.2) is 22.7 Å². The van der Waals surface area contributed by atoms with Gasteiger partial charge in [0.05, 0.1) is 5.60 Å². The van der Waals surface area contributed by atoms with Crippen molar-refractivity contribution >= 4 is 21.6 Å². The Morgan fingerprint density at radius 3 is 2.56 bits per heavy atom. The smallest absolute Gasteiger partial charge is 0.0819 e. The predicted molar refractivity (Wildman–Crippen MR) is 80.0 cm³/mol. The normalized spacial score (nSPS) is 19.3. The maximum atomic E-state index is 10.6. The maximum Gasteiger partial charge on any atom is 0.0819 e. The van der Waals surface area contributed by atoms with Crippen molar-refractivity contribution in [3.05, 3.63) is 28.2 Å². The van der Waals surface area contributed by atoms with E-state index in [1.54, 1.807) is 0 Å². The van der Waals surface area contributed by atoms with Gasteiger partial charge < -0.3 is 10.4 Å². The fraction of sp³-hybridized carbons (Fsp3) is 0.600. The van der Waals surface area contributed by atoms with Crippen molar-refractivity contribution in [1.82, 2.24) is 0 Å². The second-order valence-electron chi connectivity index (χ2n) is 5.43. The van der Waals surface area contributed by atoms with Gasteiger partial charge in [-0.3, -0.25) is 0 Å². The Morgan fingerprint density at radius 1 is 1.22 bits per heavy atom. The van der Waals surface area contributed by atoms with E-state index in [1.165, 1.54) is 18.4 Å². The van der Waals surface area contributed by atoms with Gasteiger partial charge in [-0.2, -0.15) is 0 Å². The summed E-state index contributed by atoms with van der Waals surface area (Å²) in [5, 5.41) is 14.0. The molecule has 2 nitrogen and oxygen atoms in total. The van der Waals surface area contributed by atoms with E-state index in [4.69, 9.17) is 0 Å². The van der Waals surface area contributed by atoms with Crippen molar-refractivity contribution < 1.29 is 5.11 Å². The summed E-state index contributed by atoms with van der Waals surface area (Å²) >= 11 is 3.59. The molecule has 18 heavy (non-hydrogen) atoms. The molecule has 2 N–H and O–H groups in total. The number of rotatable bonds is 3. The Hall–Kier alpha value is -0.540. The minimum absolute atomic E-state index is 0.528. The average molecular weight is 312 g/mol. The Morgan fingerprint density at radius 2 is 1.89 bits per heavy atom. The van der Waals surface area contributed by atoms with Gasteiger partial charge in [-0.05, 0) is 47.3 Å². The molecule has 0 aromatic heterocycles. The van der Waals surface area contributed by atoms with Crippen LogP contribution in [0.2, 0.25) is 0 Å². The SMILES string of the molecule is Cc1cccc(NCC2(O)CCCCCC2)c1Br. The van der Waals surface area contributed by atoms with Gasteiger partial charge in [-0.15, -0.1) is 0 Å². The first kappa shape index (κ1) is 13.9. The number of anilines is 1. The zero-order chi connectivity index (χ0) is 13.0. The van der Waals surface area contributed by atoms with E-state index in [2.05, 4.69) is 40.3 Å². The minimum Gasteiger partial charge on any atom is -0.388 e. The quantitative estimate of drug-likeness (QED) is 0.818. The molecule has 0 radical (unpaired) electrons. The zero-order valence-corrected chi connectivity index (χ0v) is 12.6. The molecule has 1 aromatic rings. The third-order valence-corrected chi connectivity index (χ3v) is 4.89. The van der Waals surface area contributed by atoms with E-state index >= 15 is 0 Å². The van der Waals surface area contributed by atoms with Crippen LogP contribution in [0.3, 0.4) is 0 Å². The summed E-state index contributed by atoms with van der Waals surface area (Å²) in [5.41, 5.74) is 1.76. The molecule has 100 valence electrons. The number of aryl methyl sites for hydroxylation is 1. The average Bonchev–Trinajstić information content (AvgIpc) is 2.57. The fourth-order valence-electron chi connectivity index (χ4n) is 2.61. The second-order valence-corrected chi connectivity index (χ2v) is 6.22. The number of halogens is 1. The van der Waals surface area contributed by atoms with E-state index < -0.39 is 5.60 Å². The summed E-state index contributed by atoms with van der Waals surface area (Å²) in [7, 11) is 0. The summed E-state index contributed by atoms with van der Waals surface area (Å²) in [4.78, 5) is 0. The lowest BCUT2D eigenvalue weighted by Crippen LogP contribution is -2.36. The molecule has 0 bridgehead atoms. The molecule has 1 aliphatic carbocycles. The van der Waals surface area contributed by atoms with Crippen LogP contribution in [-0.2, 0) is 0 Å². The first-order chi connectivity index (χ1) is 8.61. The molecule has 1 fully saturated rings. The summed E-state index contributed by atoms with van der Waals surface area (Å²) in [6.45, 7) is 2.73. The standard InChI is InChI=1S/C15H22BrNO/c1-12-7-6-8-13(14(12)16)17-11-15(18)9-4-2-3-5-10-15/h6-8,17-18H,2-5,9-11H2,1H3. The van der Waals surface area contributed by atoms with Gasteiger partial charge in [0.25, 0.3) is 0 Å². The van der Waals surface area contributed by atoms with E-state index in [-0.39, 0.29) is 0 Å². The molecule has 1 aliphatic rings. The Bertz CT molecular complexity index is 397. The van der Waals surface area contributed by atoms with E-state index in [9.17, 15) is 5.11 Å². The number of hydrogen-bond acceptors (Lipinski definition) is 2. The van der Waals surface area contributed by atoms with Gasteiger partial charge in [0.1, 0.15) is 0 Å². The summed E-state index contributed by atoms with van der Waals surface area (Å²) in [6.07, 6.45) is 6.65. The molecule has 0 heterocycles. The van der Waals surface area contributed by atoms with Crippen LogP contribution in [-0.4, -0.2) is 17.3 Å². The lowest BCUT2D eigenvalue weighted by Gasteiger charge is -2.27. The summed E-state index contributed by atoms with van der Waals surface area (Å²) in [6, 6.07) is 6.17. The van der Waals surface area contributed by atoms with Crippen LogP contribution in [0.5, 0.6) is 0 Å². The zero-order valence-electron chi connectivity index (χ0n) is 11.0. The van der Waals surface area contributed by atoms with Crippen molar-refractivity contribution in [3.8, 4) is 0 Å². The minimum atomic E-state index is -0.528. The Labute approximate surface area is 118 Å². The lowest BCUT2D eigenvalue weighted by atomic mass is 9.94. The van der Waals surface area contributed by atoms with Crippen LogP contribution in [0.25, 0.3) is 0 Å². The topological polar surface area (TPSA) is 32.3 Å². The van der Waals surface area contributed by atoms with Crippen LogP contribution in [0.1, 0.15) is 44.1 Å². The molecule has 1 aromatic carbocycles. The molecule has 0 saturated heterocycles. The summed E-state index contributed by atoms with van der Waals surface area (Å²) < 4.78 is 1.10. The molecular weight excluding hydrogens is 290 g/mol. The van der Waals surface area contributed by atoms with Crippen LogP contribution in [0.4, 0.5) is 5.69 Å². The van der Waals surface area contributed by atoms with Gasteiger partial charge in [-0.1, -0.05) is 37.8 Å². The largest absolute Gasteiger partial charge is 0.388 e. The second kappa shape index (κ2) is 6.07. The van der Waals surface area contributed by atoms with Crippen LogP contribution in [0, 0.1) is 6.92 Å². The van der Waals surface area contributed by atoms with E-state index in [1.807, 2.05) is 6.07 Å². The molecule has 0 unspecified atom stereocenters. The van der Waals surface area contributed by atoms with Crippen molar-refractivity contribution in [3.63, 3.8) is 0 Å². The van der Waals surface area contributed by atoms with Crippen molar-refractivity contribution in [2.45, 2.75) is 51.0 Å². The monoisotopic (exact) mass is 311 g/mol. The van der Waals surface area contributed by atoms with Crippen LogP contribution < -0.4 is 5.32 Å². The van der Waals surface area contributed by atoms with Gasteiger partial charge in [0.2, 0.25) is 0 Å². The Kier molecular flexibility index (Phi) is 4.68. The molecule has 1 saturated carbocycles.